The number of anilines is 1. The van der Waals surface area contributed by atoms with Gasteiger partial charge in [-0.2, -0.15) is 4.72 Å². The molecule has 0 aliphatic carbocycles. The third-order valence-corrected chi connectivity index (χ3v) is 4.67. The Morgan fingerprint density at radius 3 is 2.45 bits per heavy atom. The topological polar surface area (TPSA) is 98.5 Å². The Morgan fingerprint density at radius 1 is 1.40 bits per heavy atom. The first kappa shape index (κ1) is 16.9. The predicted octanol–water partition coefficient (Wildman–Crippen LogP) is 1.51. The lowest BCUT2D eigenvalue weighted by molar-refractivity contribution is -0.143. The number of halogens is 1. The SMILES string of the molecule is COC(=O)C(NS(=O)(=O)c1ccc(Br)cc1N)C(C)C. The van der Waals surface area contributed by atoms with Crippen LogP contribution in [-0.2, 0) is 19.6 Å². The smallest absolute Gasteiger partial charge is 0.324 e. The number of hydrogen-bond acceptors (Lipinski definition) is 5. The molecule has 0 saturated carbocycles. The maximum absolute atomic E-state index is 12.3. The number of sulfonamides is 1. The summed E-state index contributed by atoms with van der Waals surface area (Å²) in [5.41, 5.74) is 5.80. The summed E-state index contributed by atoms with van der Waals surface area (Å²) >= 11 is 3.20. The van der Waals surface area contributed by atoms with E-state index in [1.54, 1.807) is 19.9 Å². The van der Waals surface area contributed by atoms with Gasteiger partial charge >= 0.3 is 5.97 Å². The molecule has 1 aromatic carbocycles. The summed E-state index contributed by atoms with van der Waals surface area (Å²) in [5, 5.41) is 0. The zero-order valence-electron chi connectivity index (χ0n) is 11.4. The molecule has 1 atom stereocenters. The fraction of sp³-hybridized carbons (Fsp3) is 0.417. The first-order valence-corrected chi connectivity index (χ1v) is 8.12. The van der Waals surface area contributed by atoms with Crippen molar-refractivity contribution in [3.63, 3.8) is 0 Å². The third kappa shape index (κ3) is 3.94. The van der Waals surface area contributed by atoms with Gasteiger partial charge in [0, 0.05) is 4.47 Å². The Bertz CT molecular complexity index is 601. The van der Waals surface area contributed by atoms with Crippen LogP contribution in [0.15, 0.2) is 27.6 Å². The van der Waals surface area contributed by atoms with Crippen LogP contribution in [-0.4, -0.2) is 27.5 Å². The Balaban J connectivity index is 3.13. The van der Waals surface area contributed by atoms with Crippen molar-refractivity contribution >= 4 is 37.6 Å². The minimum atomic E-state index is -3.90. The average molecular weight is 365 g/mol. The van der Waals surface area contributed by atoms with Gasteiger partial charge in [0.25, 0.3) is 0 Å². The Morgan fingerprint density at radius 2 is 2.00 bits per heavy atom. The van der Waals surface area contributed by atoms with Crippen molar-refractivity contribution in [2.45, 2.75) is 24.8 Å². The van der Waals surface area contributed by atoms with Gasteiger partial charge in [-0.3, -0.25) is 4.79 Å². The van der Waals surface area contributed by atoms with Gasteiger partial charge in [-0.1, -0.05) is 29.8 Å². The van der Waals surface area contributed by atoms with Crippen molar-refractivity contribution in [3.8, 4) is 0 Å². The zero-order valence-corrected chi connectivity index (χ0v) is 13.8. The highest BCUT2D eigenvalue weighted by atomic mass is 79.9. The lowest BCUT2D eigenvalue weighted by Crippen LogP contribution is -2.45. The van der Waals surface area contributed by atoms with Gasteiger partial charge in [-0.15, -0.1) is 0 Å². The van der Waals surface area contributed by atoms with Crippen LogP contribution in [0, 0.1) is 5.92 Å². The van der Waals surface area contributed by atoms with Crippen LogP contribution in [0.3, 0.4) is 0 Å². The fourth-order valence-corrected chi connectivity index (χ4v) is 3.40. The summed E-state index contributed by atoms with van der Waals surface area (Å²) in [4.78, 5) is 11.5. The number of carbonyl (C=O) groups excluding carboxylic acids is 1. The van der Waals surface area contributed by atoms with Crippen molar-refractivity contribution in [3.05, 3.63) is 22.7 Å². The number of esters is 1. The van der Waals surface area contributed by atoms with Gasteiger partial charge in [0.05, 0.1) is 12.8 Å². The molecule has 0 saturated heterocycles. The summed E-state index contributed by atoms with van der Waals surface area (Å²) in [5.74, 6) is -0.895. The fourth-order valence-electron chi connectivity index (χ4n) is 1.58. The summed E-state index contributed by atoms with van der Waals surface area (Å²) in [6.07, 6.45) is 0. The van der Waals surface area contributed by atoms with E-state index in [4.69, 9.17) is 5.73 Å². The van der Waals surface area contributed by atoms with Crippen LogP contribution in [0.25, 0.3) is 0 Å². The standard InChI is InChI=1S/C12H17BrN2O4S/c1-7(2)11(12(16)19-3)15-20(17,18)10-5-4-8(13)6-9(10)14/h4-7,11,15H,14H2,1-3H3. The van der Waals surface area contributed by atoms with Crippen LogP contribution >= 0.6 is 15.9 Å². The average Bonchev–Trinajstić information content (AvgIpc) is 2.34. The summed E-state index contributed by atoms with van der Waals surface area (Å²) in [6.45, 7) is 3.43. The lowest BCUT2D eigenvalue weighted by atomic mass is 10.1. The molecule has 6 nitrogen and oxygen atoms in total. The number of nitrogens with one attached hydrogen (secondary N) is 1. The van der Waals surface area contributed by atoms with Gasteiger partial charge in [0.1, 0.15) is 10.9 Å². The van der Waals surface area contributed by atoms with E-state index in [1.807, 2.05) is 0 Å². The van der Waals surface area contributed by atoms with Gasteiger partial charge in [-0.05, 0) is 24.1 Å². The van der Waals surface area contributed by atoms with Gasteiger partial charge < -0.3 is 10.5 Å². The summed E-state index contributed by atoms with van der Waals surface area (Å²) in [7, 11) is -2.70. The third-order valence-electron chi connectivity index (χ3n) is 2.67. The van der Waals surface area contributed by atoms with E-state index >= 15 is 0 Å². The second kappa shape index (κ2) is 6.55. The molecule has 3 N–H and O–H groups in total. The van der Waals surface area contributed by atoms with Gasteiger partial charge in [0.2, 0.25) is 10.0 Å². The van der Waals surface area contributed by atoms with Gasteiger partial charge in [-0.25, -0.2) is 8.42 Å². The first-order valence-electron chi connectivity index (χ1n) is 5.84. The number of benzene rings is 1. The molecule has 20 heavy (non-hydrogen) atoms. The van der Waals surface area contributed by atoms with Crippen LogP contribution < -0.4 is 10.5 Å². The molecule has 0 spiro atoms. The second-order valence-electron chi connectivity index (χ2n) is 4.55. The van der Waals surface area contributed by atoms with Crippen LogP contribution in [0.5, 0.6) is 0 Å². The number of nitrogen functional groups attached to an aromatic ring is 1. The molecule has 1 rings (SSSR count). The summed E-state index contributed by atoms with van der Waals surface area (Å²) in [6, 6.07) is 3.45. The van der Waals surface area contributed by atoms with Crippen molar-refractivity contribution < 1.29 is 17.9 Å². The highest BCUT2D eigenvalue weighted by Gasteiger charge is 2.30. The number of rotatable bonds is 5. The van der Waals surface area contributed by atoms with E-state index in [-0.39, 0.29) is 16.5 Å². The molecular formula is C12H17BrN2O4S. The van der Waals surface area contributed by atoms with Crippen molar-refractivity contribution in [2.24, 2.45) is 5.92 Å². The highest BCUT2D eigenvalue weighted by molar-refractivity contribution is 9.10. The van der Waals surface area contributed by atoms with E-state index in [9.17, 15) is 13.2 Å². The van der Waals surface area contributed by atoms with E-state index in [0.717, 1.165) is 0 Å². The Labute approximate surface area is 126 Å². The molecule has 0 fully saturated rings. The zero-order chi connectivity index (χ0) is 15.5. The predicted molar refractivity (Wildman–Crippen MR) is 79.5 cm³/mol. The second-order valence-corrected chi connectivity index (χ2v) is 7.15. The molecule has 1 aromatic rings. The molecule has 0 heterocycles. The van der Waals surface area contributed by atoms with Crippen LogP contribution in [0.1, 0.15) is 13.8 Å². The van der Waals surface area contributed by atoms with Gasteiger partial charge in [0.15, 0.2) is 0 Å². The number of carbonyl (C=O) groups is 1. The molecule has 0 amide bonds. The van der Waals surface area contributed by atoms with Crippen molar-refractivity contribution in [1.29, 1.82) is 0 Å². The van der Waals surface area contributed by atoms with E-state index in [0.29, 0.717) is 4.47 Å². The molecule has 8 heteroatoms. The van der Waals surface area contributed by atoms with E-state index in [1.165, 1.54) is 19.2 Å². The largest absolute Gasteiger partial charge is 0.468 e. The molecule has 1 unspecified atom stereocenters. The maximum Gasteiger partial charge on any atom is 0.324 e. The first-order chi connectivity index (χ1) is 9.19. The molecular weight excluding hydrogens is 348 g/mol. The van der Waals surface area contributed by atoms with Crippen molar-refractivity contribution in [2.75, 3.05) is 12.8 Å². The molecule has 0 radical (unpaired) electrons. The minimum Gasteiger partial charge on any atom is -0.468 e. The number of nitrogens with two attached hydrogens (primary N) is 1. The maximum atomic E-state index is 12.3. The number of ether oxygens (including phenoxy) is 1. The molecule has 112 valence electrons. The Hall–Kier alpha value is -1.12. The summed E-state index contributed by atoms with van der Waals surface area (Å²) < 4.78 is 32.2. The molecule has 0 aliphatic rings. The Kier molecular flexibility index (Phi) is 5.55. The van der Waals surface area contributed by atoms with E-state index in [2.05, 4.69) is 25.4 Å². The quantitative estimate of drug-likeness (QED) is 0.609. The lowest BCUT2D eigenvalue weighted by Gasteiger charge is -2.20. The molecule has 0 aliphatic heterocycles. The normalized spacial score (nSPS) is 13.2. The van der Waals surface area contributed by atoms with Crippen molar-refractivity contribution in [1.82, 2.24) is 4.72 Å². The molecule has 0 aromatic heterocycles. The monoisotopic (exact) mass is 364 g/mol. The van der Waals surface area contributed by atoms with Crippen LogP contribution in [0.4, 0.5) is 5.69 Å². The number of hydrogen-bond donors (Lipinski definition) is 2. The minimum absolute atomic E-state index is 0.0738. The van der Waals surface area contributed by atoms with E-state index < -0.39 is 22.0 Å². The number of methoxy groups -OCH3 is 1. The van der Waals surface area contributed by atoms with Crippen LogP contribution in [0.2, 0.25) is 0 Å². The molecule has 0 bridgehead atoms. The highest BCUT2D eigenvalue weighted by Crippen LogP contribution is 2.23.